The molecular weight excluding hydrogens is 435 g/mol. The van der Waals surface area contributed by atoms with Crippen LogP contribution in [0.4, 0.5) is 10.1 Å². The predicted molar refractivity (Wildman–Crippen MR) is 131 cm³/mol. The van der Waals surface area contributed by atoms with E-state index in [1.54, 1.807) is 12.1 Å². The highest BCUT2D eigenvalue weighted by Crippen LogP contribution is 2.39. The molecule has 0 saturated heterocycles. The van der Waals surface area contributed by atoms with Gasteiger partial charge in [-0.25, -0.2) is 4.39 Å². The number of aryl methyl sites for hydroxylation is 1. The summed E-state index contributed by atoms with van der Waals surface area (Å²) in [6.45, 7) is 4.02. The first-order valence-corrected chi connectivity index (χ1v) is 10.9. The molecule has 33 heavy (non-hydrogen) atoms. The van der Waals surface area contributed by atoms with Crippen molar-refractivity contribution in [1.82, 2.24) is 15.5 Å². The van der Waals surface area contributed by atoms with Crippen molar-refractivity contribution in [3.8, 4) is 11.4 Å². The van der Waals surface area contributed by atoms with E-state index in [0.29, 0.717) is 16.8 Å². The van der Waals surface area contributed by atoms with Crippen LogP contribution in [-0.4, -0.2) is 15.3 Å². The predicted octanol–water partition coefficient (Wildman–Crippen LogP) is 6.05. The topological polar surface area (TPSA) is 54.2 Å². The van der Waals surface area contributed by atoms with Crippen molar-refractivity contribution in [2.45, 2.75) is 19.9 Å². The van der Waals surface area contributed by atoms with Crippen molar-refractivity contribution in [3.63, 3.8) is 0 Å². The number of benzene rings is 3. The summed E-state index contributed by atoms with van der Waals surface area (Å²) in [7, 11) is 0. The Morgan fingerprint density at radius 3 is 2.45 bits per heavy atom. The molecule has 0 bridgehead atoms. The largest absolute Gasteiger partial charge is 0.351 e. The smallest absolute Gasteiger partial charge is 0.258 e. The first kappa shape index (κ1) is 21.0. The zero-order valence-corrected chi connectivity index (χ0v) is 18.9. The van der Waals surface area contributed by atoms with E-state index in [4.69, 9.17) is 21.7 Å². The maximum Gasteiger partial charge on any atom is 0.258 e. The third-order valence-corrected chi connectivity index (χ3v) is 5.94. The molecule has 1 atom stereocenters. The fourth-order valence-electron chi connectivity index (χ4n) is 4.04. The molecule has 1 N–H and O–H groups in total. The van der Waals surface area contributed by atoms with Gasteiger partial charge in [-0.15, -0.1) is 0 Å². The molecule has 4 aromatic rings. The molecule has 5 rings (SSSR count). The molecule has 0 radical (unpaired) electrons. The Labute approximate surface area is 196 Å². The standard InChI is InChI=1S/C26H21FN4OS/c1-16-7-6-10-21(15-16)31-17(2)22(23(28-26(31)33)18-11-13-20(27)14-12-18)25-29-24(30-32-25)19-8-4-3-5-9-19/h3-15,23H,1-2H3,(H,28,33). The van der Waals surface area contributed by atoms with Gasteiger partial charge in [-0.2, -0.15) is 4.98 Å². The number of nitrogens with zero attached hydrogens (tertiary/aromatic N) is 3. The van der Waals surface area contributed by atoms with E-state index in [-0.39, 0.29) is 11.9 Å². The summed E-state index contributed by atoms with van der Waals surface area (Å²) in [5.74, 6) is 0.581. The minimum atomic E-state index is -0.372. The molecule has 5 nitrogen and oxygen atoms in total. The Balaban J connectivity index is 1.66. The van der Waals surface area contributed by atoms with Crippen LogP contribution in [0.15, 0.2) is 89.1 Å². The van der Waals surface area contributed by atoms with Crippen LogP contribution in [-0.2, 0) is 0 Å². The van der Waals surface area contributed by atoms with Gasteiger partial charge in [0.25, 0.3) is 5.89 Å². The average Bonchev–Trinajstić information content (AvgIpc) is 3.30. The van der Waals surface area contributed by atoms with Crippen molar-refractivity contribution >= 4 is 28.6 Å². The van der Waals surface area contributed by atoms with E-state index in [2.05, 4.69) is 16.5 Å². The average molecular weight is 457 g/mol. The number of anilines is 1. The van der Waals surface area contributed by atoms with Crippen LogP contribution in [0, 0.1) is 12.7 Å². The van der Waals surface area contributed by atoms with E-state index in [9.17, 15) is 4.39 Å². The summed E-state index contributed by atoms with van der Waals surface area (Å²) in [5, 5.41) is 8.15. The van der Waals surface area contributed by atoms with Crippen LogP contribution in [0.25, 0.3) is 17.0 Å². The molecule has 2 heterocycles. The molecule has 0 aliphatic carbocycles. The Morgan fingerprint density at radius 2 is 1.73 bits per heavy atom. The summed E-state index contributed by atoms with van der Waals surface area (Å²) in [4.78, 5) is 6.66. The van der Waals surface area contributed by atoms with Crippen LogP contribution >= 0.6 is 12.2 Å². The zero-order valence-electron chi connectivity index (χ0n) is 18.1. The van der Waals surface area contributed by atoms with Gasteiger partial charge >= 0.3 is 0 Å². The highest BCUT2D eigenvalue weighted by molar-refractivity contribution is 7.80. The number of halogens is 1. The van der Waals surface area contributed by atoms with Gasteiger partial charge in [0.05, 0.1) is 11.6 Å². The van der Waals surface area contributed by atoms with Crippen molar-refractivity contribution in [1.29, 1.82) is 0 Å². The molecule has 1 aromatic heterocycles. The minimum Gasteiger partial charge on any atom is -0.351 e. The molecule has 164 valence electrons. The molecule has 0 amide bonds. The highest BCUT2D eigenvalue weighted by atomic mass is 32.1. The fraction of sp³-hybridized carbons (Fsp3) is 0.115. The molecule has 0 saturated carbocycles. The quantitative estimate of drug-likeness (QED) is 0.377. The Morgan fingerprint density at radius 1 is 0.970 bits per heavy atom. The lowest BCUT2D eigenvalue weighted by Gasteiger charge is -2.37. The second-order valence-electron chi connectivity index (χ2n) is 7.90. The van der Waals surface area contributed by atoms with Crippen LogP contribution < -0.4 is 10.2 Å². The minimum absolute atomic E-state index is 0.301. The van der Waals surface area contributed by atoms with Gasteiger partial charge in [-0.05, 0) is 61.5 Å². The normalized spacial score (nSPS) is 16.2. The van der Waals surface area contributed by atoms with Crippen LogP contribution in [0.2, 0.25) is 0 Å². The van der Waals surface area contributed by atoms with E-state index in [1.165, 1.54) is 12.1 Å². The first-order chi connectivity index (χ1) is 16.0. The summed E-state index contributed by atoms with van der Waals surface area (Å²) in [6.07, 6.45) is 0. The summed E-state index contributed by atoms with van der Waals surface area (Å²) in [5.41, 5.74) is 5.40. The number of rotatable bonds is 4. The van der Waals surface area contributed by atoms with Crippen molar-refractivity contribution in [2.24, 2.45) is 0 Å². The summed E-state index contributed by atoms with van der Waals surface area (Å²) in [6, 6.07) is 23.7. The zero-order chi connectivity index (χ0) is 22.9. The third kappa shape index (κ3) is 4.03. The van der Waals surface area contributed by atoms with Crippen molar-refractivity contribution in [2.75, 3.05) is 4.90 Å². The summed E-state index contributed by atoms with van der Waals surface area (Å²) >= 11 is 5.76. The van der Waals surface area contributed by atoms with Crippen LogP contribution in [0.5, 0.6) is 0 Å². The number of aromatic nitrogens is 2. The highest BCUT2D eigenvalue weighted by Gasteiger charge is 2.34. The van der Waals surface area contributed by atoms with Gasteiger partial charge in [0, 0.05) is 16.9 Å². The lowest BCUT2D eigenvalue weighted by atomic mass is 9.94. The maximum atomic E-state index is 13.6. The molecular formula is C26H21FN4OS. The van der Waals surface area contributed by atoms with Gasteiger partial charge in [-0.1, -0.05) is 59.8 Å². The van der Waals surface area contributed by atoms with E-state index in [1.807, 2.05) is 67.3 Å². The van der Waals surface area contributed by atoms with Gasteiger partial charge < -0.3 is 9.84 Å². The lowest BCUT2D eigenvalue weighted by molar-refractivity contribution is 0.404. The first-order valence-electron chi connectivity index (χ1n) is 10.5. The maximum absolute atomic E-state index is 13.6. The van der Waals surface area contributed by atoms with E-state index in [0.717, 1.165) is 33.6 Å². The monoisotopic (exact) mass is 456 g/mol. The Hall–Kier alpha value is -3.84. The second kappa shape index (κ2) is 8.60. The molecule has 1 aliphatic heterocycles. The fourth-order valence-corrected chi connectivity index (χ4v) is 4.40. The number of hydrogen-bond acceptors (Lipinski definition) is 4. The Bertz CT molecular complexity index is 1350. The number of allylic oxidation sites excluding steroid dienone is 1. The number of thiocarbonyl (C=S) groups is 1. The van der Waals surface area contributed by atoms with E-state index < -0.39 is 0 Å². The number of nitrogens with one attached hydrogen (secondary N) is 1. The van der Waals surface area contributed by atoms with Crippen LogP contribution in [0.1, 0.15) is 30.0 Å². The number of hydrogen-bond donors (Lipinski definition) is 1. The Kier molecular flexibility index (Phi) is 5.48. The molecule has 7 heteroatoms. The van der Waals surface area contributed by atoms with Gasteiger partial charge in [0.15, 0.2) is 5.11 Å². The second-order valence-corrected chi connectivity index (χ2v) is 8.28. The van der Waals surface area contributed by atoms with Gasteiger partial charge in [-0.3, -0.25) is 4.90 Å². The SMILES string of the molecule is CC1=C(c2nc(-c3ccccc3)no2)C(c2ccc(F)cc2)NC(=S)N1c1cccc(C)c1. The molecule has 0 spiro atoms. The third-order valence-electron chi connectivity index (χ3n) is 5.64. The van der Waals surface area contributed by atoms with Crippen LogP contribution in [0.3, 0.4) is 0 Å². The van der Waals surface area contributed by atoms with Crippen molar-refractivity contribution < 1.29 is 8.91 Å². The van der Waals surface area contributed by atoms with Crippen molar-refractivity contribution in [3.05, 3.63) is 107 Å². The van der Waals surface area contributed by atoms with Gasteiger partial charge in [0.2, 0.25) is 5.82 Å². The van der Waals surface area contributed by atoms with Gasteiger partial charge in [0.1, 0.15) is 5.82 Å². The molecule has 3 aromatic carbocycles. The lowest BCUT2D eigenvalue weighted by Crippen LogP contribution is -2.46. The molecule has 1 unspecified atom stereocenters. The summed E-state index contributed by atoms with van der Waals surface area (Å²) < 4.78 is 19.4. The van der Waals surface area contributed by atoms with E-state index >= 15 is 0 Å². The molecule has 0 fully saturated rings. The molecule has 1 aliphatic rings.